The minimum absolute atomic E-state index is 0.279. The minimum Gasteiger partial charge on any atom is -0.436 e. The van der Waals surface area contributed by atoms with Crippen LogP contribution < -0.4 is 5.19 Å². The Bertz CT molecular complexity index is 2740. The molecule has 2 aromatic heterocycles. The Hall–Kier alpha value is -6.82. The van der Waals surface area contributed by atoms with Crippen molar-refractivity contribution in [3.63, 3.8) is 0 Å². The predicted octanol–water partition coefficient (Wildman–Crippen LogP) is 13.1. The number of allylic oxidation sites excluding steroid dienone is 2. The van der Waals surface area contributed by atoms with Crippen molar-refractivity contribution < 1.29 is 8.83 Å². The standard InChI is InChI=1S/C52H40N2O2Si/c1-52(2,3)57(37-25-11-6-12-26-37)48(38-27-13-15-29-40(38)50-53-42-31-17-19-33-44(42)55-50)46(35-21-7-4-8-22-35)47(36-23-9-5-10-24-36)49(57)39-28-14-16-30-41(39)51-54-43-32-18-20-34-45(43)56-51/h4-34H,1-3H3. The highest BCUT2D eigenvalue weighted by Crippen LogP contribution is 2.64. The van der Waals surface area contributed by atoms with E-state index in [1.165, 1.54) is 26.7 Å². The normalized spacial score (nSPS) is 14.2. The number of para-hydroxylation sites is 4. The molecule has 3 heterocycles. The fourth-order valence-electron chi connectivity index (χ4n) is 9.12. The number of fused-ring (bicyclic) bond motifs is 2. The summed E-state index contributed by atoms with van der Waals surface area (Å²) in [7, 11) is -3.23. The third-order valence-corrected chi connectivity index (χ3v) is 17.4. The van der Waals surface area contributed by atoms with Crippen molar-refractivity contribution in [3.8, 4) is 22.9 Å². The van der Waals surface area contributed by atoms with Gasteiger partial charge in [0.15, 0.2) is 19.2 Å². The van der Waals surface area contributed by atoms with Crippen molar-refractivity contribution in [1.82, 2.24) is 9.97 Å². The van der Waals surface area contributed by atoms with Crippen molar-refractivity contribution in [1.29, 1.82) is 0 Å². The molecule has 0 N–H and O–H groups in total. The average molecular weight is 753 g/mol. The number of aromatic nitrogens is 2. The van der Waals surface area contributed by atoms with Gasteiger partial charge in [0.2, 0.25) is 11.8 Å². The van der Waals surface area contributed by atoms with Gasteiger partial charge in [0.05, 0.1) is 0 Å². The van der Waals surface area contributed by atoms with E-state index in [0.29, 0.717) is 11.8 Å². The molecule has 0 fully saturated rings. The van der Waals surface area contributed by atoms with Crippen LogP contribution >= 0.6 is 0 Å². The SMILES string of the molecule is CC(C)(C)[Si]1(c2ccccc2)C(c2ccccc2-c2nc3ccccc3o2)=C(c2ccccc2)C(c2ccccc2)=C1c1ccccc1-c1nc2ccccc2o1. The zero-order valence-electron chi connectivity index (χ0n) is 32.1. The van der Waals surface area contributed by atoms with Crippen LogP contribution in [0.3, 0.4) is 0 Å². The molecule has 4 nitrogen and oxygen atoms in total. The number of oxazole rings is 2. The number of nitrogens with zero attached hydrogens (tertiary/aromatic N) is 2. The maximum absolute atomic E-state index is 6.63. The summed E-state index contributed by atoms with van der Waals surface area (Å²) in [6.45, 7) is 7.31. The number of hydrogen-bond donors (Lipinski definition) is 0. The number of rotatable bonds is 7. The Labute approximate surface area is 333 Å². The number of benzene rings is 7. The molecule has 0 atom stereocenters. The molecule has 1 aliphatic rings. The zero-order chi connectivity index (χ0) is 38.6. The fraction of sp³-hybridized carbons (Fsp3) is 0.0769. The van der Waals surface area contributed by atoms with Gasteiger partial charge in [0, 0.05) is 11.1 Å². The largest absolute Gasteiger partial charge is 0.436 e. The van der Waals surface area contributed by atoms with Crippen molar-refractivity contribution in [2.24, 2.45) is 0 Å². The maximum atomic E-state index is 6.63. The van der Waals surface area contributed by atoms with E-state index in [9.17, 15) is 0 Å². The van der Waals surface area contributed by atoms with Crippen LogP contribution in [0, 0.1) is 0 Å². The predicted molar refractivity (Wildman–Crippen MR) is 237 cm³/mol. The second-order valence-electron chi connectivity index (χ2n) is 15.7. The summed E-state index contributed by atoms with van der Waals surface area (Å²) in [5.74, 6) is 1.22. The van der Waals surface area contributed by atoms with Gasteiger partial charge >= 0.3 is 0 Å². The van der Waals surface area contributed by atoms with Crippen molar-refractivity contribution in [2.45, 2.75) is 25.8 Å². The molecule has 9 aromatic rings. The lowest BCUT2D eigenvalue weighted by molar-refractivity contribution is 0.619. The second kappa shape index (κ2) is 13.7. The van der Waals surface area contributed by atoms with Crippen molar-refractivity contribution >= 4 is 57.0 Å². The van der Waals surface area contributed by atoms with Gasteiger partial charge < -0.3 is 8.83 Å². The monoisotopic (exact) mass is 752 g/mol. The van der Waals surface area contributed by atoms with E-state index >= 15 is 0 Å². The van der Waals surface area contributed by atoms with E-state index in [2.05, 4.69) is 160 Å². The van der Waals surface area contributed by atoms with Gasteiger partial charge in [0.1, 0.15) is 11.0 Å². The maximum Gasteiger partial charge on any atom is 0.227 e. The van der Waals surface area contributed by atoms with E-state index in [4.69, 9.17) is 18.8 Å². The van der Waals surface area contributed by atoms with Gasteiger partial charge in [-0.1, -0.05) is 172 Å². The van der Waals surface area contributed by atoms with Crippen LogP contribution in [0.25, 0.3) is 66.6 Å². The molecule has 0 radical (unpaired) electrons. The van der Waals surface area contributed by atoms with E-state index in [-0.39, 0.29) is 5.04 Å². The Morgan fingerprint density at radius 3 is 1.14 bits per heavy atom. The summed E-state index contributed by atoms with van der Waals surface area (Å²) < 4.78 is 13.3. The topological polar surface area (TPSA) is 52.1 Å². The molecule has 0 amide bonds. The highest BCUT2D eigenvalue weighted by Gasteiger charge is 2.59. The molecule has 0 aliphatic carbocycles. The van der Waals surface area contributed by atoms with Gasteiger partial charge in [-0.15, -0.1) is 0 Å². The van der Waals surface area contributed by atoms with Gasteiger partial charge in [0.25, 0.3) is 0 Å². The fourth-order valence-corrected chi connectivity index (χ4v) is 15.5. The molecule has 5 heteroatoms. The van der Waals surface area contributed by atoms with Crippen molar-refractivity contribution in [3.05, 3.63) is 210 Å². The molecule has 1 aliphatic heterocycles. The van der Waals surface area contributed by atoms with Crippen LogP contribution in [0.5, 0.6) is 0 Å². The molecule has 7 aromatic carbocycles. The lowest BCUT2D eigenvalue weighted by atomic mass is 9.88. The zero-order valence-corrected chi connectivity index (χ0v) is 33.1. The van der Waals surface area contributed by atoms with Crippen LogP contribution in [0.15, 0.2) is 197 Å². The summed E-state index contributed by atoms with van der Waals surface area (Å²) in [6.07, 6.45) is 0. The molecule has 0 spiro atoms. The Balaban J connectivity index is 1.42. The number of hydrogen-bond acceptors (Lipinski definition) is 4. The molecule has 274 valence electrons. The Kier molecular flexibility index (Phi) is 8.35. The summed E-state index contributed by atoms with van der Waals surface area (Å²) in [6, 6.07) is 66.6. The molecule has 10 rings (SSSR count). The van der Waals surface area contributed by atoms with Gasteiger partial charge in [-0.2, -0.15) is 0 Å². The van der Waals surface area contributed by atoms with Gasteiger partial charge in [-0.25, -0.2) is 9.97 Å². The average Bonchev–Trinajstić information content (AvgIpc) is 3.98. The van der Waals surface area contributed by atoms with Crippen LogP contribution in [-0.4, -0.2) is 18.0 Å². The third kappa shape index (κ3) is 5.57. The smallest absolute Gasteiger partial charge is 0.227 e. The van der Waals surface area contributed by atoms with Crippen LogP contribution in [-0.2, 0) is 0 Å². The van der Waals surface area contributed by atoms with Gasteiger partial charge in [-0.05, 0) is 90.4 Å². The van der Waals surface area contributed by atoms with Gasteiger partial charge in [-0.3, -0.25) is 0 Å². The van der Waals surface area contributed by atoms with Crippen LogP contribution in [0.4, 0.5) is 0 Å². The minimum atomic E-state index is -3.23. The van der Waals surface area contributed by atoms with Crippen molar-refractivity contribution in [2.75, 3.05) is 0 Å². The van der Waals surface area contributed by atoms with E-state index in [0.717, 1.165) is 55.6 Å². The second-order valence-corrected chi connectivity index (χ2v) is 20.2. The van der Waals surface area contributed by atoms with Crippen LogP contribution in [0.2, 0.25) is 5.04 Å². The Morgan fingerprint density at radius 1 is 0.386 bits per heavy atom. The molecule has 0 unspecified atom stereocenters. The summed E-state index contributed by atoms with van der Waals surface area (Å²) in [5.41, 5.74) is 12.1. The molecule has 0 bridgehead atoms. The first-order valence-corrected chi connectivity index (χ1v) is 21.5. The lowest BCUT2D eigenvalue weighted by Gasteiger charge is -2.46. The molecular formula is C52H40N2O2Si. The first-order chi connectivity index (χ1) is 27.9. The summed E-state index contributed by atoms with van der Waals surface area (Å²) >= 11 is 0. The van der Waals surface area contributed by atoms with Crippen LogP contribution in [0.1, 0.15) is 43.0 Å². The highest BCUT2D eigenvalue weighted by atomic mass is 28.3. The molecular weight excluding hydrogens is 713 g/mol. The highest BCUT2D eigenvalue weighted by molar-refractivity contribution is 7.23. The quantitative estimate of drug-likeness (QED) is 0.152. The molecule has 57 heavy (non-hydrogen) atoms. The van der Waals surface area contributed by atoms with E-state index in [1.54, 1.807) is 0 Å². The molecule has 0 saturated heterocycles. The molecule has 0 saturated carbocycles. The van der Waals surface area contributed by atoms with E-state index in [1.807, 2.05) is 48.5 Å². The van der Waals surface area contributed by atoms with E-state index < -0.39 is 8.07 Å². The Morgan fingerprint density at radius 2 is 0.737 bits per heavy atom. The third-order valence-electron chi connectivity index (χ3n) is 11.4. The summed E-state index contributed by atoms with van der Waals surface area (Å²) in [4.78, 5) is 10.2. The first-order valence-electron chi connectivity index (χ1n) is 19.5. The first kappa shape index (κ1) is 34.7. The lowest BCUT2D eigenvalue weighted by Crippen LogP contribution is -2.56. The summed E-state index contributed by atoms with van der Waals surface area (Å²) in [5, 5.41) is 3.69.